The number of fused-ring (bicyclic) bond motifs is 1. The first-order chi connectivity index (χ1) is 6.86. The molecule has 0 saturated heterocycles. The maximum atomic E-state index is 10.9. The monoisotopic (exact) mass is 189 g/mol. The first-order valence-corrected chi connectivity index (χ1v) is 5.16. The van der Waals surface area contributed by atoms with E-state index >= 15 is 0 Å². The zero-order valence-electron chi connectivity index (χ0n) is 8.44. The molecule has 0 saturated carbocycles. The van der Waals surface area contributed by atoms with Crippen LogP contribution in [0.15, 0.2) is 24.3 Å². The minimum absolute atomic E-state index is 0.0786. The Kier molecular flexibility index (Phi) is 2.53. The summed E-state index contributed by atoms with van der Waals surface area (Å²) in [4.78, 5) is 13.1. The van der Waals surface area contributed by atoms with E-state index in [1.165, 1.54) is 11.3 Å². The number of hydrogen-bond acceptors (Lipinski definition) is 2. The average molecular weight is 189 g/mol. The molecule has 1 aromatic rings. The molecular formula is C12H15NO. The Hall–Kier alpha value is -1.31. The van der Waals surface area contributed by atoms with E-state index in [2.05, 4.69) is 30.0 Å². The Morgan fingerprint density at radius 1 is 1.50 bits per heavy atom. The standard InChI is InChI=1S/C12H15NO/c1-2-13-11(9-14)8-7-10-5-3-4-6-12(10)13/h3-6,9,11H,2,7-8H2,1H3/t11-/m1/s1. The van der Waals surface area contributed by atoms with Crippen molar-refractivity contribution in [1.82, 2.24) is 0 Å². The summed E-state index contributed by atoms with van der Waals surface area (Å²) in [7, 11) is 0. The summed E-state index contributed by atoms with van der Waals surface area (Å²) in [6.07, 6.45) is 3.05. The van der Waals surface area contributed by atoms with Crippen LogP contribution in [0.3, 0.4) is 0 Å². The highest BCUT2D eigenvalue weighted by Crippen LogP contribution is 2.29. The predicted octanol–water partition coefficient (Wildman–Crippen LogP) is 2.03. The highest BCUT2D eigenvalue weighted by molar-refractivity contribution is 5.69. The second-order valence-corrected chi connectivity index (χ2v) is 3.66. The Labute approximate surface area is 84.5 Å². The lowest BCUT2D eigenvalue weighted by atomic mass is 9.96. The average Bonchev–Trinajstić information content (AvgIpc) is 2.27. The van der Waals surface area contributed by atoms with Gasteiger partial charge < -0.3 is 9.69 Å². The van der Waals surface area contributed by atoms with Gasteiger partial charge in [-0.2, -0.15) is 0 Å². The molecule has 0 fully saturated rings. The number of carbonyl (C=O) groups excluding carboxylic acids is 1. The van der Waals surface area contributed by atoms with Gasteiger partial charge in [0.05, 0.1) is 6.04 Å². The van der Waals surface area contributed by atoms with Crippen molar-refractivity contribution in [1.29, 1.82) is 0 Å². The summed E-state index contributed by atoms with van der Waals surface area (Å²) in [5, 5.41) is 0. The minimum Gasteiger partial charge on any atom is -0.362 e. The Morgan fingerprint density at radius 2 is 2.29 bits per heavy atom. The molecule has 74 valence electrons. The van der Waals surface area contributed by atoms with E-state index in [0.29, 0.717) is 0 Å². The van der Waals surface area contributed by atoms with E-state index in [-0.39, 0.29) is 6.04 Å². The van der Waals surface area contributed by atoms with Crippen LogP contribution in [0.1, 0.15) is 18.9 Å². The second kappa shape index (κ2) is 3.82. The summed E-state index contributed by atoms with van der Waals surface area (Å²) in [5.41, 5.74) is 2.60. The smallest absolute Gasteiger partial charge is 0.142 e. The van der Waals surface area contributed by atoms with Crippen molar-refractivity contribution < 1.29 is 4.79 Å². The molecule has 0 aliphatic carbocycles. The Bertz CT molecular complexity index is 335. The van der Waals surface area contributed by atoms with Crippen LogP contribution in [0.5, 0.6) is 0 Å². The highest BCUT2D eigenvalue weighted by atomic mass is 16.1. The third-order valence-electron chi connectivity index (χ3n) is 2.91. The van der Waals surface area contributed by atoms with Crippen LogP contribution in [-0.2, 0) is 11.2 Å². The number of aryl methyl sites for hydroxylation is 1. The first kappa shape index (κ1) is 9.25. The molecule has 1 heterocycles. The fourth-order valence-electron chi connectivity index (χ4n) is 2.19. The van der Waals surface area contributed by atoms with Crippen molar-refractivity contribution in [3.8, 4) is 0 Å². The molecule has 2 rings (SSSR count). The van der Waals surface area contributed by atoms with Crippen LogP contribution in [0.4, 0.5) is 5.69 Å². The van der Waals surface area contributed by atoms with Gasteiger partial charge in [-0.3, -0.25) is 0 Å². The lowest BCUT2D eigenvalue weighted by Gasteiger charge is -2.35. The number of carbonyl (C=O) groups is 1. The molecule has 0 aromatic heterocycles. The molecule has 2 heteroatoms. The van der Waals surface area contributed by atoms with E-state index in [9.17, 15) is 4.79 Å². The van der Waals surface area contributed by atoms with E-state index in [1.54, 1.807) is 0 Å². The van der Waals surface area contributed by atoms with Crippen LogP contribution in [-0.4, -0.2) is 18.9 Å². The van der Waals surface area contributed by atoms with Crippen molar-refractivity contribution >= 4 is 12.0 Å². The largest absolute Gasteiger partial charge is 0.362 e. The maximum Gasteiger partial charge on any atom is 0.142 e. The van der Waals surface area contributed by atoms with Crippen molar-refractivity contribution in [3.63, 3.8) is 0 Å². The number of rotatable bonds is 2. The summed E-state index contributed by atoms with van der Waals surface area (Å²) in [6, 6.07) is 8.44. The Morgan fingerprint density at radius 3 is 3.00 bits per heavy atom. The third-order valence-corrected chi connectivity index (χ3v) is 2.91. The third kappa shape index (κ3) is 1.41. The van der Waals surface area contributed by atoms with E-state index in [0.717, 1.165) is 25.7 Å². The van der Waals surface area contributed by atoms with Crippen LogP contribution in [0.25, 0.3) is 0 Å². The normalized spacial score (nSPS) is 20.4. The van der Waals surface area contributed by atoms with Crippen molar-refractivity contribution in [3.05, 3.63) is 29.8 Å². The molecular weight excluding hydrogens is 174 g/mol. The maximum absolute atomic E-state index is 10.9. The van der Waals surface area contributed by atoms with Crippen LogP contribution < -0.4 is 4.90 Å². The molecule has 0 spiro atoms. The topological polar surface area (TPSA) is 20.3 Å². The molecule has 1 aliphatic rings. The van der Waals surface area contributed by atoms with Gasteiger partial charge in [0.15, 0.2) is 0 Å². The molecule has 1 aliphatic heterocycles. The van der Waals surface area contributed by atoms with Crippen LogP contribution >= 0.6 is 0 Å². The van der Waals surface area contributed by atoms with Gasteiger partial charge in [-0.1, -0.05) is 18.2 Å². The van der Waals surface area contributed by atoms with Crippen LogP contribution in [0, 0.1) is 0 Å². The van der Waals surface area contributed by atoms with Gasteiger partial charge in [-0.05, 0) is 31.4 Å². The SMILES string of the molecule is CCN1c2ccccc2CC[C@@H]1C=O. The lowest BCUT2D eigenvalue weighted by molar-refractivity contribution is -0.109. The zero-order chi connectivity index (χ0) is 9.97. The highest BCUT2D eigenvalue weighted by Gasteiger charge is 2.23. The molecule has 14 heavy (non-hydrogen) atoms. The zero-order valence-corrected chi connectivity index (χ0v) is 8.44. The van der Waals surface area contributed by atoms with Gasteiger partial charge in [0, 0.05) is 12.2 Å². The molecule has 2 nitrogen and oxygen atoms in total. The summed E-state index contributed by atoms with van der Waals surface area (Å²) in [5.74, 6) is 0. The number of aldehydes is 1. The van der Waals surface area contributed by atoms with Gasteiger partial charge in [0.1, 0.15) is 6.29 Å². The number of likely N-dealkylation sites (N-methyl/N-ethyl adjacent to an activating group) is 1. The molecule has 0 N–H and O–H groups in total. The quantitative estimate of drug-likeness (QED) is 0.663. The second-order valence-electron chi connectivity index (χ2n) is 3.66. The number of para-hydroxylation sites is 1. The van der Waals surface area contributed by atoms with E-state index in [4.69, 9.17) is 0 Å². The molecule has 0 unspecified atom stereocenters. The fraction of sp³-hybridized carbons (Fsp3) is 0.417. The van der Waals surface area contributed by atoms with Crippen molar-refractivity contribution in [2.24, 2.45) is 0 Å². The first-order valence-electron chi connectivity index (χ1n) is 5.16. The summed E-state index contributed by atoms with van der Waals surface area (Å²) < 4.78 is 0. The number of benzene rings is 1. The summed E-state index contributed by atoms with van der Waals surface area (Å²) in [6.45, 7) is 3.00. The predicted molar refractivity (Wildman–Crippen MR) is 57.6 cm³/mol. The number of anilines is 1. The van der Waals surface area contributed by atoms with Crippen molar-refractivity contribution in [2.45, 2.75) is 25.8 Å². The van der Waals surface area contributed by atoms with Crippen molar-refractivity contribution in [2.75, 3.05) is 11.4 Å². The number of nitrogens with zero attached hydrogens (tertiary/aromatic N) is 1. The fourth-order valence-corrected chi connectivity index (χ4v) is 2.19. The lowest BCUT2D eigenvalue weighted by Crippen LogP contribution is -2.40. The Balaban J connectivity index is 2.39. The van der Waals surface area contributed by atoms with Gasteiger partial charge >= 0.3 is 0 Å². The number of hydrogen-bond donors (Lipinski definition) is 0. The van der Waals surface area contributed by atoms with Gasteiger partial charge in [-0.25, -0.2) is 0 Å². The summed E-state index contributed by atoms with van der Waals surface area (Å²) >= 11 is 0. The van der Waals surface area contributed by atoms with E-state index in [1.807, 2.05) is 6.07 Å². The van der Waals surface area contributed by atoms with Gasteiger partial charge in [0.2, 0.25) is 0 Å². The minimum atomic E-state index is 0.0786. The molecule has 1 aromatic carbocycles. The van der Waals surface area contributed by atoms with Gasteiger partial charge in [-0.15, -0.1) is 0 Å². The van der Waals surface area contributed by atoms with Gasteiger partial charge in [0.25, 0.3) is 0 Å². The van der Waals surface area contributed by atoms with E-state index < -0.39 is 0 Å². The van der Waals surface area contributed by atoms with Crippen LogP contribution in [0.2, 0.25) is 0 Å². The molecule has 0 bridgehead atoms. The molecule has 0 amide bonds. The molecule has 0 radical (unpaired) electrons. The molecule has 1 atom stereocenters.